The Morgan fingerprint density at radius 3 is 2.37 bits per heavy atom. The third-order valence-corrected chi connectivity index (χ3v) is 7.93. The molecule has 3 aromatic rings. The van der Waals surface area contributed by atoms with E-state index in [1.165, 1.54) is 0 Å². The molecule has 2 aliphatic rings. The molecule has 3 aromatic carbocycles. The zero-order valence-electron chi connectivity index (χ0n) is 23.7. The number of hydrazone groups is 1. The van der Waals surface area contributed by atoms with Gasteiger partial charge in [-0.05, 0) is 55.4 Å². The number of ether oxygens (including phenoxy) is 3. The Kier molecular flexibility index (Phi) is 9.79. The molecule has 1 fully saturated rings. The lowest BCUT2D eigenvalue weighted by atomic mass is 9.72. The van der Waals surface area contributed by atoms with Gasteiger partial charge in [-0.2, -0.15) is 18.3 Å². The predicted octanol–water partition coefficient (Wildman–Crippen LogP) is 6.20. The molecule has 0 saturated carbocycles. The molecule has 1 amide bonds. The Morgan fingerprint density at radius 1 is 1.00 bits per heavy atom. The second-order valence-corrected chi connectivity index (χ2v) is 10.7. The molecular formula is C33H35F3N2O5. The average Bonchev–Trinajstić information content (AvgIpc) is 3.37. The molecule has 0 radical (unpaired) electrons. The maximum atomic E-state index is 14.2. The number of aliphatic hydroxyl groups is 1. The maximum Gasteiger partial charge on any atom is 0.473 e. The average molecular weight is 597 g/mol. The molecule has 5 rings (SSSR count). The summed E-state index contributed by atoms with van der Waals surface area (Å²) in [5, 5.41) is 15.8. The van der Waals surface area contributed by atoms with E-state index < -0.39 is 30.1 Å². The summed E-state index contributed by atoms with van der Waals surface area (Å²) in [6, 6.07) is 24.8. The largest absolute Gasteiger partial charge is 0.488 e. The standard InChI is InChI=1S/C33H35F3N2O5/c34-33(35,36)31(40)38-32(25-14-5-2-6-15-25,19-11-21-42-29-18-9-10-20-41-29)27(22-39)30(37-38)26-16-7-8-17-28(26)43-23-24-12-3-1-4-13-24/h1-8,12-17,27,29,39H,9-11,18-23H2. The van der Waals surface area contributed by atoms with E-state index in [0.29, 0.717) is 34.9 Å². The number of carbonyl (C=O) groups excluding carboxylic acids is 1. The predicted molar refractivity (Wildman–Crippen MR) is 154 cm³/mol. The molecule has 1 N–H and O–H groups in total. The van der Waals surface area contributed by atoms with Crippen LogP contribution in [-0.2, 0) is 26.4 Å². The van der Waals surface area contributed by atoms with E-state index in [1.54, 1.807) is 54.6 Å². The summed E-state index contributed by atoms with van der Waals surface area (Å²) in [4.78, 5) is 13.1. The van der Waals surface area contributed by atoms with Gasteiger partial charge in [0.2, 0.25) is 0 Å². The summed E-state index contributed by atoms with van der Waals surface area (Å²) in [6.45, 7) is 0.457. The van der Waals surface area contributed by atoms with Crippen LogP contribution in [0.2, 0.25) is 0 Å². The molecule has 0 aromatic heterocycles. The van der Waals surface area contributed by atoms with Gasteiger partial charge in [0.1, 0.15) is 17.9 Å². The number of alkyl halides is 3. The fourth-order valence-electron chi connectivity index (χ4n) is 5.88. The highest BCUT2D eigenvalue weighted by molar-refractivity contribution is 6.07. The molecule has 3 atom stereocenters. The van der Waals surface area contributed by atoms with Gasteiger partial charge < -0.3 is 19.3 Å². The van der Waals surface area contributed by atoms with Gasteiger partial charge in [-0.1, -0.05) is 72.8 Å². The number of aliphatic hydroxyl groups excluding tert-OH is 1. The summed E-state index contributed by atoms with van der Waals surface area (Å²) < 4.78 is 60.1. The van der Waals surface area contributed by atoms with Crippen molar-refractivity contribution in [2.75, 3.05) is 19.8 Å². The smallest absolute Gasteiger partial charge is 0.473 e. The summed E-state index contributed by atoms with van der Waals surface area (Å²) >= 11 is 0. The minimum atomic E-state index is -5.20. The van der Waals surface area contributed by atoms with Crippen LogP contribution >= 0.6 is 0 Å². The lowest BCUT2D eigenvalue weighted by Crippen LogP contribution is -2.53. The Morgan fingerprint density at radius 2 is 1.70 bits per heavy atom. The minimum absolute atomic E-state index is 0.0524. The van der Waals surface area contributed by atoms with Gasteiger partial charge in [0.25, 0.3) is 0 Å². The zero-order chi connectivity index (χ0) is 30.3. The Hall–Kier alpha value is -3.73. The number of carbonyl (C=O) groups is 1. The summed E-state index contributed by atoms with van der Waals surface area (Å²) in [7, 11) is 0. The van der Waals surface area contributed by atoms with Crippen molar-refractivity contribution < 1.29 is 37.3 Å². The second kappa shape index (κ2) is 13.7. The van der Waals surface area contributed by atoms with E-state index in [-0.39, 0.29) is 31.6 Å². The number of benzene rings is 3. The zero-order valence-corrected chi connectivity index (χ0v) is 23.7. The van der Waals surface area contributed by atoms with Crippen LogP contribution in [0.15, 0.2) is 90.0 Å². The topological polar surface area (TPSA) is 80.6 Å². The molecular weight excluding hydrogens is 561 g/mol. The molecule has 7 nitrogen and oxygen atoms in total. The third-order valence-electron chi connectivity index (χ3n) is 7.93. The molecule has 43 heavy (non-hydrogen) atoms. The van der Waals surface area contributed by atoms with Crippen LogP contribution < -0.4 is 4.74 Å². The monoisotopic (exact) mass is 596 g/mol. The third kappa shape index (κ3) is 6.76. The first kappa shape index (κ1) is 30.7. The normalized spacial score (nSPS) is 22.3. The van der Waals surface area contributed by atoms with Gasteiger partial charge in [0.05, 0.1) is 18.2 Å². The van der Waals surface area contributed by atoms with Crippen molar-refractivity contribution >= 4 is 11.6 Å². The fraction of sp³-hybridized carbons (Fsp3) is 0.394. The van der Waals surface area contributed by atoms with E-state index >= 15 is 0 Å². The highest BCUT2D eigenvalue weighted by Gasteiger charge is 2.59. The lowest BCUT2D eigenvalue weighted by molar-refractivity contribution is -0.194. The first-order valence-electron chi connectivity index (χ1n) is 14.5. The molecule has 2 aliphatic heterocycles. The molecule has 0 spiro atoms. The summed E-state index contributed by atoms with van der Waals surface area (Å²) in [5.41, 5.74) is 0.244. The van der Waals surface area contributed by atoms with Crippen LogP contribution in [0.25, 0.3) is 0 Å². The number of rotatable bonds is 11. The molecule has 10 heteroatoms. The van der Waals surface area contributed by atoms with E-state index in [2.05, 4.69) is 5.10 Å². The number of amides is 1. The molecule has 0 aliphatic carbocycles. The van der Waals surface area contributed by atoms with Gasteiger partial charge in [-0.15, -0.1) is 0 Å². The lowest BCUT2D eigenvalue weighted by Gasteiger charge is -2.41. The first-order valence-corrected chi connectivity index (χ1v) is 14.5. The Labute approximate surface area is 248 Å². The molecule has 3 unspecified atom stereocenters. The van der Waals surface area contributed by atoms with Crippen molar-refractivity contribution in [3.63, 3.8) is 0 Å². The van der Waals surface area contributed by atoms with Crippen LogP contribution in [0.4, 0.5) is 13.2 Å². The van der Waals surface area contributed by atoms with E-state index in [0.717, 1.165) is 24.8 Å². The molecule has 228 valence electrons. The quantitative estimate of drug-likeness (QED) is 0.267. The van der Waals surface area contributed by atoms with Crippen LogP contribution in [0.1, 0.15) is 48.8 Å². The van der Waals surface area contributed by atoms with Crippen LogP contribution in [0.3, 0.4) is 0 Å². The SMILES string of the molecule is O=C(N1N=C(c2ccccc2OCc2ccccc2)C(CO)C1(CCCOC1CCCCO1)c1ccccc1)C(F)(F)F. The Balaban J connectivity index is 1.53. The molecule has 2 heterocycles. The number of nitrogens with zero attached hydrogens (tertiary/aromatic N) is 2. The van der Waals surface area contributed by atoms with Crippen molar-refractivity contribution in [1.82, 2.24) is 5.01 Å². The number of hydrogen-bond acceptors (Lipinski definition) is 6. The Bertz CT molecular complexity index is 1380. The van der Waals surface area contributed by atoms with Gasteiger partial charge in [0, 0.05) is 18.8 Å². The van der Waals surface area contributed by atoms with Crippen LogP contribution in [-0.4, -0.2) is 54.0 Å². The van der Waals surface area contributed by atoms with Gasteiger partial charge in [0.15, 0.2) is 6.29 Å². The van der Waals surface area contributed by atoms with Crippen molar-refractivity contribution in [2.45, 2.75) is 56.7 Å². The summed E-state index contributed by atoms with van der Waals surface area (Å²) in [5.74, 6) is -2.72. The highest BCUT2D eigenvalue weighted by atomic mass is 19.4. The van der Waals surface area contributed by atoms with E-state index in [4.69, 9.17) is 14.2 Å². The molecule has 1 saturated heterocycles. The van der Waals surface area contributed by atoms with E-state index in [1.807, 2.05) is 30.3 Å². The first-order chi connectivity index (χ1) is 20.8. The van der Waals surface area contributed by atoms with Gasteiger partial charge in [-0.25, -0.2) is 5.01 Å². The highest BCUT2D eigenvalue weighted by Crippen LogP contribution is 2.49. The van der Waals surface area contributed by atoms with Crippen molar-refractivity contribution in [1.29, 1.82) is 0 Å². The van der Waals surface area contributed by atoms with Crippen molar-refractivity contribution in [3.05, 3.63) is 102 Å². The van der Waals surface area contributed by atoms with Crippen molar-refractivity contribution in [3.8, 4) is 5.75 Å². The van der Waals surface area contributed by atoms with E-state index in [9.17, 15) is 23.1 Å². The van der Waals surface area contributed by atoms with Crippen LogP contribution in [0, 0.1) is 5.92 Å². The minimum Gasteiger partial charge on any atom is -0.488 e. The number of halogens is 3. The van der Waals surface area contributed by atoms with Gasteiger partial charge >= 0.3 is 12.1 Å². The maximum absolute atomic E-state index is 14.2. The fourth-order valence-corrected chi connectivity index (χ4v) is 5.88. The van der Waals surface area contributed by atoms with Crippen molar-refractivity contribution in [2.24, 2.45) is 11.0 Å². The number of para-hydroxylation sites is 1. The summed E-state index contributed by atoms with van der Waals surface area (Å²) in [6.07, 6.45) is -2.54. The number of hydrogen-bond donors (Lipinski definition) is 1. The molecule has 0 bridgehead atoms. The van der Waals surface area contributed by atoms with Crippen LogP contribution in [0.5, 0.6) is 5.75 Å². The van der Waals surface area contributed by atoms with Gasteiger partial charge in [-0.3, -0.25) is 4.79 Å². The second-order valence-electron chi connectivity index (χ2n) is 10.7.